The lowest BCUT2D eigenvalue weighted by atomic mass is 10.2. The van der Waals surface area contributed by atoms with Crippen molar-refractivity contribution in [2.75, 3.05) is 6.54 Å². The molecule has 1 aromatic heterocycles. The van der Waals surface area contributed by atoms with E-state index in [4.69, 9.17) is 0 Å². The molecule has 0 saturated carbocycles. The van der Waals surface area contributed by atoms with Crippen LogP contribution in [0.4, 0.5) is 0 Å². The van der Waals surface area contributed by atoms with Crippen molar-refractivity contribution >= 4 is 6.72 Å². The summed E-state index contributed by atoms with van der Waals surface area (Å²) < 4.78 is 2.12. The summed E-state index contributed by atoms with van der Waals surface area (Å²) in [5.41, 5.74) is 0. The van der Waals surface area contributed by atoms with Crippen LogP contribution >= 0.6 is 0 Å². The fourth-order valence-corrected chi connectivity index (χ4v) is 1.29. The first-order chi connectivity index (χ1) is 6.43. The van der Waals surface area contributed by atoms with E-state index >= 15 is 0 Å². The minimum Gasteiger partial charge on any atom is -0.337 e. The van der Waals surface area contributed by atoms with E-state index < -0.39 is 0 Å². The van der Waals surface area contributed by atoms with Crippen LogP contribution in [0.25, 0.3) is 0 Å². The molecule has 1 rings (SSSR count). The molecule has 0 N–H and O–H groups in total. The van der Waals surface area contributed by atoms with Gasteiger partial charge in [0.25, 0.3) is 0 Å². The molecule has 0 aliphatic carbocycles. The van der Waals surface area contributed by atoms with Gasteiger partial charge >= 0.3 is 0 Å². The lowest BCUT2D eigenvalue weighted by molar-refractivity contribution is 0.575. The highest BCUT2D eigenvalue weighted by Crippen LogP contribution is 2.01. The van der Waals surface area contributed by atoms with E-state index in [1.807, 2.05) is 18.7 Å². The van der Waals surface area contributed by atoms with Crippen LogP contribution in [0, 0.1) is 0 Å². The Labute approximate surface area is 79.5 Å². The molecular weight excluding hydrogens is 162 g/mol. The zero-order valence-electron chi connectivity index (χ0n) is 8.02. The third kappa shape index (κ3) is 4.45. The Morgan fingerprint density at radius 3 is 2.77 bits per heavy atom. The Balaban J connectivity index is 1.93. The van der Waals surface area contributed by atoms with Crippen molar-refractivity contribution in [1.29, 1.82) is 0 Å². The SMILES string of the molecule is C=NCCCCCCn1ccnc1. The molecule has 0 spiro atoms. The van der Waals surface area contributed by atoms with Gasteiger partial charge in [0.05, 0.1) is 6.33 Å². The number of aliphatic imine (C=N–C) groups is 1. The summed E-state index contributed by atoms with van der Waals surface area (Å²) in [6.45, 7) is 5.45. The number of unbranched alkanes of at least 4 members (excludes halogenated alkanes) is 3. The molecule has 0 unspecified atom stereocenters. The Morgan fingerprint density at radius 2 is 2.08 bits per heavy atom. The molecule has 0 radical (unpaired) electrons. The maximum Gasteiger partial charge on any atom is 0.0945 e. The van der Waals surface area contributed by atoms with Gasteiger partial charge < -0.3 is 9.56 Å². The van der Waals surface area contributed by atoms with Crippen LogP contribution in [-0.4, -0.2) is 22.8 Å². The summed E-state index contributed by atoms with van der Waals surface area (Å²) in [5, 5.41) is 0. The largest absolute Gasteiger partial charge is 0.337 e. The minimum absolute atomic E-state index is 0.908. The highest BCUT2D eigenvalue weighted by Gasteiger charge is 1.90. The van der Waals surface area contributed by atoms with Crippen LogP contribution in [-0.2, 0) is 6.54 Å². The van der Waals surface area contributed by atoms with E-state index in [1.54, 1.807) is 0 Å². The summed E-state index contributed by atoms with van der Waals surface area (Å²) in [7, 11) is 0. The standard InChI is InChI=1S/C10H17N3/c1-11-6-4-2-3-5-8-13-9-7-12-10-13/h7,9-10H,1-6,8H2. The molecule has 0 fully saturated rings. The normalized spacial score (nSPS) is 10.2. The number of imidazole rings is 1. The number of aryl methyl sites for hydroxylation is 1. The maximum atomic E-state index is 3.99. The van der Waals surface area contributed by atoms with Crippen molar-refractivity contribution in [2.45, 2.75) is 32.2 Å². The van der Waals surface area contributed by atoms with E-state index in [0.29, 0.717) is 0 Å². The Hall–Kier alpha value is -1.12. The van der Waals surface area contributed by atoms with Gasteiger partial charge in [0, 0.05) is 25.5 Å². The van der Waals surface area contributed by atoms with Crippen molar-refractivity contribution < 1.29 is 0 Å². The van der Waals surface area contributed by atoms with Crippen LogP contribution in [0.15, 0.2) is 23.7 Å². The van der Waals surface area contributed by atoms with Crippen molar-refractivity contribution in [2.24, 2.45) is 4.99 Å². The third-order valence-electron chi connectivity index (χ3n) is 2.04. The molecule has 0 aromatic carbocycles. The zero-order valence-corrected chi connectivity index (χ0v) is 8.02. The fourth-order valence-electron chi connectivity index (χ4n) is 1.29. The van der Waals surface area contributed by atoms with E-state index in [0.717, 1.165) is 13.1 Å². The number of rotatable bonds is 7. The number of nitrogens with zero attached hydrogens (tertiary/aromatic N) is 3. The Bertz CT molecular complexity index is 216. The Morgan fingerprint density at radius 1 is 1.23 bits per heavy atom. The quantitative estimate of drug-likeness (QED) is 0.466. The van der Waals surface area contributed by atoms with Gasteiger partial charge in [-0.1, -0.05) is 12.8 Å². The maximum absolute atomic E-state index is 3.99. The van der Waals surface area contributed by atoms with Crippen molar-refractivity contribution in [3.8, 4) is 0 Å². The van der Waals surface area contributed by atoms with Crippen molar-refractivity contribution in [1.82, 2.24) is 9.55 Å². The highest BCUT2D eigenvalue weighted by molar-refractivity contribution is 5.22. The molecule has 0 amide bonds. The van der Waals surface area contributed by atoms with Gasteiger partial charge in [-0.05, 0) is 19.6 Å². The van der Waals surface area contributed by atoms with Gasteiger partial charge in [0.2, 0.25) is 0 Å². The minimum atomic E-state index is 0.908. The molecule has 3 heteroatoms. The number of hydrogen-bond acceptors (Lipinski definition) is 2. The molecule has 3 nitrogen and oxygen atoms in total. The fraction of sp³-hybridized carbons (Fsp3) is 0.600. The lowest BCUT2D eigenvalue weighted by Crippen LogP contribution is -1.94. The third-order valence-corrected chi connectivity index (χ3v) is 2.04. The van der Waals surface area contributed by atoms with Crippen LogP contribution in [0.5, 0.6) is 0 Å². The second kappa shape index (κ2) is 6.40. The van der Waals surface area contributed by atoms with Crippen LogP contribution < -0.4 is 0 Å². The topological polar surface area (TPSA) is 30.2 Å². The van der Waals surface area contributed by atoms with Crippen molar-refractivity contribution in [3.05, 3.63) is 18.7 Å². The molecule has 0 bridgehead atoms. The predicted octanol–water partition coefficient (Wildman–Crippen LogP) is 2.14. The average Bonchev–Trinajstić information content (AvgIpc) is 2.63. The second-order valence-electron chi connectivity index (χ2n) is 3.16. The molecule has 13 heavy (non-hydrogen) atoms. The second-order valence-corrected chi connectivity index (χ2v) is 3.16. The summed E-state index contributed by atoms with van der Waals surface area (Å²) in [5.74, 6) is 0. The monoisotopic (exact) mass is 179 g/mol. The molecule has 72 valence electrons. The smallest absolute Gasteiger partial charge is 0.0945 e. The van der Waals surface area contributed by atoms with E-state index in [-0.39, 0.29) is 0 Å². The number of hydrogen-bond donors (Lipinski definition) is 0. The Kier molecular flexibility index (Phi) is 4.91. The summed E-state index contributed by atoms with van der Waals surface area (Å²) in [4.78, 5) is 7.81. The molecule has 0 aliphatic rings. The zero-order chi connectivity index (χ0) is 9.36. The van der Waals surface area contributed by atoms with Crippen LogP contribution in [0.3, 0.4) is 0 Å². The summed E-state index contributed by atoms with van der Waals surface area (Å²) >= 11 is 0. The van der Waals surface area contributed by atoms with Gasteiger partial charge in [-0.3, -0.25) is 0 Å². The van der Waals surface area contributed by atoms with Crippen LogP contribution in [0.2, 0.25) is 0 Å². The molecule has 0 aliphatic heterocycles. The lowest BCUT2D eigenvalue weighted by Gasteiger charge is -2.00. The predicted molar refractivity (Wildman–Crippen MR) is 55.1 cm³/mol. The molecular formula is C10H17N3. The molecule has 0 saturated heterocycles. The van der Waals surface area contributed by atoms with Gasteiger partial charge in [0.15, 0.2) is 0 Å². The van der Waals surface area contributed by atoms with Gasteiger partial charge in [-0.25, -0.2) is 4.98 Å². The molecule has 1 aromatic rings. The van der Waals surface area contributed by atoms with E-state index in [1.165, 1.54) is 25.7 Å². The van der Waals surface area contributed by atoms with E-state index in [2.05, 4.69) is 21.3 Å². The van der Waals surface area contributed by atoms with Gasteiger partial charge in [-0.2, -0.15) is 0 Å². The first kappa shape index (κ1) is 9.96. The first-order valence-electron chi connectivity index (χ1n) is 4.81. The summed E-state index contributed by atoms with van der Waals surface area (Å²) in [6.07, 6.45) is 10.6. The molecule has 0 atom stereocenters. The number of aromatic nitrogens is 2. The highest BCUT2D eigenvalue weighted by atomic mass is 15.0. The molecule has 1 heterocycles. The van der Waals surface area contributed by atoms with Crippen molar-refractivity contribution in [3.63, 3.8) is 0 Å². The van der Waals surface area contributed by atoms with Gasteiger partial charge in [0.1, 0.15) is 0 Å². The first-order valence-corrected chi connectivity index (χ1v) is 4.81. The van der Waals surface area contributed by atoms with E-state index in [9.17, 15) is 0 Å². The average molecular weight is 179 g/mol. The summed E-state index contributed by atoms with van der Waals surface area (Å²) in [6, 6.07) is 0. The van der Waals surface area contributed by atoms with Crippen LogP contribution in [0.1, 0.15) is 25.7 Å². The van der Waals surface area contributed by atoms with Gasteiger partial charge in [-0.15, -0.1) is 0 Å².